The molecule has 0 spiro atoms. The summed E-state index contributed by atoms with van der Waals surface area (Å²) in [5.74, 6) is 0.256. The summed E-state index contributed by atoms with van der Waals surface area (Å²) in [4.78, 5) is 29.1. The van der Waals surface area contributed by atoms with Crippen LogP contribution >= 0.6 is 0 Å². The highest BCUT2D eigenvalue weighted by Gasteiger charge is 2.43. The van der Waals surface area contributed by atoms with E-state index in [0.717, 1.165) is 51.4 Å². The normalized spacial score (nSPS) is 27.6. The molecule has 0 aromatic heterocycles. The molecule has 29 heavy (non-hydrogen) atoms. The van der Waals surface area contributed by atoms with Crippen LogP contribution in [0.5, 0.6) is 0 Å². The molecule has 2 saturated heterocycles. The summed E-state index contributed by atoms with van der Waals surface area (Å²) in [7, 11) is -1.80. The van der Waals surface area contributed by atoms with E-state index >= 15 is 0 Å². The Hall–Kier alpha value is -1.19. The second kappa shape index (κ2) is 8.51. The minimum atomic E-state index is -3.49. The van der Waals surface area contributed by atoms with E-state index in [4.69, 9.17) is 0 Å². The summed E-state index contributed by atoms with van der Waals surface area (Å²) in [5, 5.41) is 0. The first-order chi connectivity index (χ1) is 13.9. The lowest BCUT2D eigenvalue weighted by Gasteiger charge is -2.39. The molecule has 1 unspecified atom stereocenters. The van der Waals surface area contributed by atoms with Crippen LogP contribution in [0.3, 0.4) is 0 Å². The van der Waals surface area contributed by atoms with Crippen LogP contribution in [0.2, 0.25) is 0 Å². The molecule has 0 N–H and O–H groups in total. The van der Waals surface area contributed by atoms with Crippen LogP contribution in [0, 0.1) is 5.92 Å². The standard InChI is InChI=1S/C20H34N4O4S/c1-21(17-6-3-2-4-7-17)29(27,28)23-14-12-22(13-15-23)20(26)18-8-5-11-24(18)19(25)16-9-10-16/h16-18H,2-15H2,1H3. The minimum Gasteiger partial charge on any atom is -0.338 e. The van der Waals surface area contributed by atoms with Crippen molar-refractivity contribution in [2.45, 2.75) is 69.9 Å². The Morgan fingerprint density at radius 1 is 0.793 bits per heavy atom. The zero-order valence-electron chi connectivity index (χ0n) is 17.5. The number of nitrogens with zero attached hydrogens (tertiary/aromatic N) is 4. The lowest BCUT2D eigenvalue weighted by atomic mass is 9.96. The van der Waals surface area contributed by atoms with E-state index in [0.29, 0.717) is 32.7 Å². The van der Waals surface area contributed by atoms with Crippen molar-refractivity contribution in [2.75, 3.05) is 39.8 Å². The number of amides is 2. The third-order valence-corrected chi connectivity index (χ3v) is 9.12. The Bertz CT molecular complexity index is 725. The zero-order chi connectivity index (χ0) is 20.6. The van der Waals surface area contributed by atoms with Crippen LogP contribution in [0.15, 0.2) is 0 Å². The number of hydrogen-bond acceptors (Lipinski definition) is 4. The highest BCUT2D eigenvalue weighted by Crippen LogP contribution is 2.34. The van der Waals surface area contributed by atoms with Crippen molar-refractivity contribution in [2.24, 2.45) is 5.92 Å². The maximum Gasteiger partial charge on any atom is 0.282 e. The monoisotopic (exact) mass is 426 g/mol. The van der Waals surface area contributed by atoms with E-state index < -0.39 is 10.2 Å². The summed E-state index contributed by atoms with van der Waals surface area (Å²) in [6, 6.07) is -0.259. The van der Waals surface area contributed by atoms with Gasteiger partial charge in [0.1, 0.15) is 6.04 Å². The maximum absolute atomic E-state index is 13.0. The predicted molar refractivity (Wildman–Crippen MR) is 109 cm³/mol. The summed E-state index contributed by atoms with van der Waals surface area (Å²) >= 11 is 0. The second-order valence-electron chi connectivity index (χ2n) is 9.00. The van der Waals surface area contributed by atoms with Crippen molar-refractivity contribution < 1.29 is 18.0 Å². The second-order valence-corrected chi connectivity index (χ2v) is 11.0. The molecule has 2 heterocycles. The van der Waals surface area contributed by atoms with Crippen LogP contribution < -0.4 is 0 Å². The number of piperazine rings is 1. The van der Waals surface area contributed by atoms with E-state index in [1.807, 2.05) is 0 Å². The maximum atomic E-state index is 13.0. The molecule has 0 aromatic carbocycles. The Labute approximate surface area is 174 Å². The first kappa shape index (κ1) is 21.1. The van der Waals surface area contributed by atoms with Gasteiger partial charge in [-0.1, -0.05) is 19.3 Å². The van der Waals surface area contributed by atoms with Crippen molar-refractivity contribution in [1.29, 1.82) is 0 Å². The fraction of sp³-hybridized carbons (Fsp3) is 0.900. The average Bonchev–Trinajstić information content (AvgIpc) is 3.49. The molecule has 1 atom stereocenters. The zero-order valence-corrected chi connectivity index (χ0v) is 18.3. The molecule has 0 radical (unpaired) electrons. The molecule has 0 aromatic rings. The van der Waals surface area contributed by atoms with Crippen molar-refractivity contribution in [1.82, 2.24) is 18.4 Å². The van der Waals surface area contributed by atoms with Gasteiger partial charge in [-0.2, -0.15) is 17.0 Å². The molecule has 4 rings (SSSR count). The molecule has 4 aliphatic rings. The third-order valence-electron chi connectivity index (χ3n) is 7.08. The Morgan fingerprint density at radius 3 is 2.07 bits per heavy atom. The first-order valence-corrected chi connectivity index (χ1v) is 12.6. The van der Waals surface area contributed by atoms with Gasteiger partial charge in [-0.3, -0.25) is 9.59 Å². The first-order valence-electron chi connectivity index (χ1n) is 11.2. The van der Waals surface area contributed by atoms with E-state index in [1.54, 1.807) is 21.2 Å². The highest BCUT2D eigenvalue weighted by molar-refractivity contribution is 7.86. The summed E-state index contributed by atoms with van der Waals surface area (Å²) in [5.41, 5.74) is 0. The lowest BCUT2D eigenvalue weighted by molar-refractivity contribution is -0.145. The van der Waals surface area contributed by atoms with Gasteiger partial charge in [-0.25, -0.2) is 0 Å². The van der Waals surface area contributed by atoms with Gasteiger partial charge in [0, 0.05) is 51.7 Å². The van der Waals surface area contributed by atoms with Crippen LogP contribution in [0.1, 0.15) is 57.8 Å². The molecular weight excluding hydrogens is 392 g/mol. The fourth-order valence-electron chi connectivity index (χ4n) is 5.02. The Kier molecular flexibility index (Phi) is 6.18. The molecule has 2 aliphatic carbocycles. The van der Waals surface area contributed by atoms with E-state index in [-0.39, 0.29) is 29.8 Å². The van der Waals surface area contributed by atoms with Crippen LogP contribution in [0.25, 0.3) is 0 Å². The molecule has 164 valence electrons. The van der Waals surface area contributed by atoms with Gasteiger partial charge in [-0.15, -0.1) is 0 Å². The van der Waals surface area contributed by atoms with Crippen molar-refractivity contribution >= 4 is 22.0 Å². The molecule has 2 saturated carbocycles. The molecule has 2 amide bonds. The summed E-state index contributed by atoms with van der Waals surface area (Å²) in [6.07, 6.45) is 8.71. The topological polar surface area (TPSA) is 81.2 Å². The van der Waals surface area contributed by atoms with Gasteiger partial charge in [-0.05, 0) is 38.5 Å². The number of hydrogen-bond donors (Lipinski definition) is 0. The van der Waals surface area contributed by atoms with Crippen molar-refractivity contribution in [3.05, 3.63) is 0 Å². The van der Waals surface area contributed by atoms with Crippen molar-refractivity contribution in [3.8, 4) is 0 Å². The average molecular weight is 427 g/mol. The Balaban J connectivity index is 1.33. The number of carbonyl (C=O) groups is 2. The number of likely N-dealkylation sites (tertiary alicyclic amines) is 1. The Morgan fingerprint density at radius 2 is 1.45 bits per heavy atom. The number of carbonyl (C=O) groups excluding carboxylic acids is 2. The van der Waals surface area contributed by atoms with Crippen LogP contribution in [-0.2, 0) is 19.8 Å². The quantitative estimate of drug-likeness (QED) is 0.658. The molecule has 8 nitrogen and oxygen atoms in total. The summed E-state index contributed by atoms with van der Waals surface area (Å²) in [6.45, 7) is 2.13. The van der Waals surface area contributed by atoms with Gasteiger partial charge in [0.2, 0.25) is 11.8 Å². The molecule has 2 aliphatic heterocycles. The molecule has 4 fully saturated rings. The van der Waals surface area contributed by atoms with Gasteiger partial charge in [0.25, 0.3) is 10.2 Å². The van der Waals surface area contributed by atoms with Crippen LogP contribution in [-0.4, -0.2) is 90.5 Å². The van der Waals surface area contributed by atoms with Crippen LogP contribution in [0.4, 0.5) is 0 Å². The highest BCUT2D eigenvalue weighted by atomic mass is 32.2. The molecule has 9 heteroatoms. The lowest BCUT2D eigenvalue weighted by Crippen LogP contribution is -2.57. The molecule has 0 bridgehead atoms. The smallest absolute Gasteiger partial charge is 0.282 e. The van der Waals surface area contributed by atoms with Gasteiger partial charge < -0.3 is 9.80 Å². The fourth-order valence-corrected chi connectivity index (χ4v) is 6.59. The largest absolute Gasteiger partial charge is 0.338 e. The predicted octanol–water partition coefficient (Wildman–Crippen LogP) is 1.04. The SMILES string of the molecule is CN(C1CCCCC1)S(=O)(=O)N1CCN(C(=O)C2CCCN2C(=O)C2CC2)CC1. The summed E-state index contributed by atoms with van der Waals surface area (Å²) < 4.78 is 29.1. The molecular formula is C20H34N4O4S. The number of rotatable bonds is 5. The van der Waals surface area contributed by atoms with E-state index in [9.17, 15) is 18.0 Å². The van der Waals surface area contributed by atoms with Gasteiger partial charge in [0.05, 0.1) is 0 Å². The third kappa shape index (κ3) is 4.32. The van der Waals surface area contributed by atoms with E-state index in [1.165, 1.54) is 10.7 Å². The van der Waals surface area contributed by atoms with Gasteiger partial charge >= 0.3 is 0 Å². The van der Waals surface area contributed by atoms with Gasteiger partial charge in [0.15, 0.2) is 0 Å². The minimum absolute atomic E-state index is 0.00539. The van der Waals surface area contributed by atoms with E-state index in [2.05, 4.69) is 0 Å². The van der Waals surface area contributed by atoms with Crippen molar-refractivity contribution in [3.63, 3.8) is 0 Å².